The molecule has 1 N–H and O–H groups in total. The first-order valence-electron chi connectivity index (χ1n) is 6.87. The molecule has 0 heterocycles. The number of benzene rings is 2. The maximum Gasteiger partial charge on any atom is 0.137 e. The van der Waals surface area contributed by atoms with Crippen molar-refractivity contribution in [3.63, 3.8) is 0 Å². The van der Waals surface area contributed by atoms with Crippen LogP contribution in [0.4, 0.5) is 5.69 Å². The van der Waals surface area contributed by atoms with Crippen LogP contribution in [-0.4, -0.2) is 13.2 Å². The Morgan fingerprint density at radius 2 is 1.90 bits per heavy atom. The molecule has 0 spiro atoms. The minimum Gasteiger partial charge on any atom is -0.495 e. The zero-order valence-corrected chi connectivity index (χ0v) is 12.7. The quantitative estimate of drug-likeness (QED) is 0.826. The van der Waals surface area contributed by atoms with Crippen molar-refractivity contribution in [2.45, 2.75) is 25.8 Å². The molecule has 0 bridgehead atoms. The van der Waals surface area contributed by atoms with Crippen molar-refractivity contribution in [3.8, 4) is 5.75 Å². The fraction of sp³-hybridized carbons (Fsp3) is 0.294. The number of hydrogen-bond acceptors (Lipinski definition) is 2. The van der Waals surface area contributed by atoms with Gasteiger partial charge < -0.3 is 10.1 Å². The van der Waals surface area contributed by atoms with E-state index in [0.29, 0.717) is 16.8 Å². The molecule has 2 nitrogen and oxygen atoms in total. The van der Waals surface area contributed by atoms with Gasteiger partial charge in [-0.25, -0.2) is 0 Å². The molecule has 0 aliphatic rings. The lowest BCUT2D eigenvalue weighted by Gasteiger charge is -2.19. The number of halogens is 1. The third kappa shape index (κ3) is 3.91. The summed E-state index contributed by atoms with van der Waals surface area (Å²) in [6.45, 7) is 2.19. The molecule has 0 aliphatic carbocycles. The van der Waals surface area contributed by atoms with Crippen LogP contribution in [0.25, 0.3) is 0 Å². The van der Waals surface area contributed by atoms with Crippen LogP contribution in [-0.2, 0) is 6.42 Å². The molecule has 3 heteroatoms. The Labute approximate surface area is 125 Å². The first-order chi connectivity index (χ1) is 9.72. The molecule has 0 saturated heterocycles. The maximum absolute atomic E-state index is 6.15. The molecule has 0 radical (unpaired) electrons. The Hall–Kier alpha value is -1.67. The normalized spacial score (nSPS) is 11.9. The molecule has 2 aromatic carbocycles. The van der Waals surface area contributed by atoms with Gasteiger partial charge in [-0.05, 0) is 36.6 Å². The highest BCUT2D eigenvalue weighted by molar-refractivity contribution is 6.32. The van der Waals surface area contributed by atoms with Crippen molar-refractivity contribution >= 4 is 17.3 Å². The first-order valence-corrected chi connectivity index (χ1v) is 7.24. The fourth-order valence-electron chi connectivity index (χ4n) is 2.19. The van der Waals surface area contributed by atoms with E-state index in [1.54, 1.807) is 7.11 Å². The number of methoxy groups -OCH3 is 1. The van der Waals surface area contributed by atoms with Gasteiger partial charge in [-0.15, -0.1) is 0 Å². The second-order valence-electron chi connectivity index (χ2n) is 4.79. The van der Waals surface area contributed by atoms with Gasteiger partial charge in [0.1, 0.15) is 5.75 Å². The summed E-state index contributed by atoms with van der Waals surface area (Å²) in [5.41, 5.74) is 2.37. The molecular formula is C17H20ClNO. The van der Waals surface area contributed by atoms with Crippen molar-refractivity contribution in [3.05, 3.63) is 59.1 Å². The molecule has 0 aliphatic heterocycles. The molecule has 0 amide bonds. The standard InChI is InChI=1S/C17H20ClNO/c1-3-14(11-13-7-5-4-6-8-13)19-15-9-10-17(20-2)16(18)12-15/h4-10,12,14,19H,3,11H2,1-2H3. The third-order valence-electron chi connectivity index (χ3n) is 3.34. The fourth-order valence-corrected chi connectivity index (χ4v) is 2.45. The van der Waals surface area contributed by atoms with Crippen LogP contribution in [0.2, 0.25) is 5.02 Å². The van der Waals surface area contributed by atoms with Crippen LogP contribution in [0.15, 0.2) is 48.5 Å². The molecule has 106 valence electrons. The van der Waals surface area contributed by atoms with Gasteiger partial charge in [0.2, 0.25) is 0 Å². The van der Waals surface area contributed by atoms with E-state index in [9.17, 15) is 0 Å². The first kappa shape index (κ1) is 14.7. The average molecular weight is 290 g/mol. The second kappa shape index (κ2) is 7.20. The summed E-state index contributed by atoms with van der Waals surface area (Å²) in [5.74, 6) is 0.702. The van der Waals surface area contributed by atoms with Crippen molar-refractivity contribution in [2.75, 3.05) is 12.4 Å². The summed E-state index contributed by atoms with van der Waals surface area (Å²) >= 11 is 6.15. The smallest absolute Gasteiger partial charge is 0.137 e. The molecule has 0 fully saturated rings. The Morgan fingerprint density at radius 1 is 1.15 bits per heavy atom. The highest BCUT2D eigenvalue weighted by Gasteiger charge is 2.09. The van der Waals surface area contributed by atoms with E-state index in [2.05, 4.69) is 36.5 Å². The van der Waals surface area contributed by atoms with Gasteiger partial charge in [0.05, 0.1) is 12.1 Å². The van der Waals surface area contributed by atoms with Gasteiger partial charge in [0.15, 0.2) is 0 Å². The molecule has 20 heavy (non-hydrogen) atoms. The summed E-state index contributed by atoms with van der Waals surface area (Å²) in [6.07, 6.45) is 2.06. The highest BCUT2D eigenvalue weighted by Crippen LogP contribution is 2.27. The molecule has 1 unspecified atom stereocenters. The lowest BCUT2D eigenvalue weighted by atomic mass is 10.0. The summed E-state index contributed by atoms with van der Waals surface area (Å²) < 4.78 is 5.17. The minimum atomic E-state index is 0.391. The van der Waals surface area contributed by atoms with E-state index in [0.717, 1.165) is 18.5 Å². The maximum atomic E-state index is 6.15. The zero-order valence-electron chi connectivity index (χ0n) is 11.9. The Bertz CT molecular complexity index is 542. The van der Waals surface area contributed by atoms with E-state index in [-0.39, 0.29) is 0 Å². The van der Waals surface area contributed by atoms with E-state index in [1.807, 2.05) is 24.3 Å². The molecule has 0 saturated carbocycles. The van der Waals surface area contributed by atoms with Crippen LogP contribution in [0.1, 0.15) is 18.9 Å². The number of hydrogen-bond donors (Lipinski definition) is 1. The highest BCUT2D eigenvalue weighted by atomic mass is 35.5. The molecule has 0 aromatic heterocycles. The molecule has 2 aromatic rings. The van der Waals surface area contributed by atoms with Crippen molar-refractivity contribution in [2.24, 2.45) is 0 Å². The van der Waals surface area contributed by atoms with Crippen LogP contribution >= 0.6 is 11.6 Å². The van der Waals surface area contributed by atoms with Crippen LogP contribution in [0.5, 0.6) is 5.75 Å². The third-order valence-corrected chi connectivity index (χ3v) is 3.64. The van der Waals surface area contributed by atoms with Gasteiger partial charge in [0, 0.05) is 11.7 Å². The Kier molecular flexibility index (Phi) is 5.31. The van der Waals surface area contributed by atoms with Gasteiger partial charge in [-0.3, -0.25) is 0 Å². The lowest BCUT2D eigenvalue weighted by molar-refractivity contribution is 0.415. The summed E-state index contributed by atoms with van der Waals surface area (Å²) in [6, 6.07) is 16.7. The SMILES string of the molecule is CCC(Cc1ccccc1)Nc1ccc(OC)c(Cl)c1. The number of rotatable bonds is 6. The summed E-state index contributed by atoms with van der Waals surface area (Å²) in [5, 5.41) is 4.16. The average Bonchev–Trinajstić information content (AvgIpc) is 2.48. The Morgan fingerprint density at radius 3 is 2.50 bits per heavy atom. The van der Waals surface area contributed by atoms with Crippen LogP contribution in [0, 0.1) is 0 Å². The number of ether oxygens (including phenoxy) is 1. The van der Waals surface area contributed by atoms with Crippen LogP contribution in [0.3, 0.4) is 0 Å². The van der Waals surface area contributed by atoms with Crippen molar-refractivity contribution in [1.29, 1.82) is 0 Å². The largest absolute Gasteiger partial charge is 0.495 e. The van der Waals surface area contributed by atoms with Gasteiger partial charge in [0.25, 0.3) is 0 Å². The minimum absolute atomic E-state index is 0.391. The topological polar surface area (TPSA) is 21.3 Å². The van der Waals surface area contributed by atoms with E-state index in [1.165, 1.54) is 5.56 Å². The molecule has 1 atom stereocenters. The predicted octanol–water partition coefficient (Wildman–Crippen LogP) is 4.78. The number of anilines is 1. The summed E-state index contributed by atoms with van der Waals surface area (Å²) in [7, 11) is 1.62. The monoisotopic (exact) mass is 289 g/mol. The van der Waals surface area contributed by atoms with Crippen LogP contribution < -0.4 is 10.1 Å². The van der Waals surface area contributed by atoms with Gasteiger partial charge in [-0.2, -0.15) is 0 Å². The zero-order chi connectivity index (χ0) is 14.4. The van der Waals surface area contributed by atoms with Crippen molar-refractivity contribution in [1.82, 2.24) is 0 Å². The number of nitrogens with one attached hydrogen (secondary N) is 1. The van der Waals surface area contributed by atoms with E-state index >= 15 is 0 Å². The lowest BCUT2D eigenvalue weighted by Crippen LogP contribution is -2.21. The molecular weight excluding hydrogens is 270 g/mol. The van der Waals surface area contributed by atoms with Crippen molar-refractivity contribution < 1.29 is 4.74 Å². The second-order valence-corrected chi connectivity index (χ2v) is 5.20. The summed E-state index contributed by atoms with van der Waals surface area (Å²) in [4.78, 5) is 0. The molecule has 2 rings (SSSR count). The van der Waals surface area contributed by atoms with Gasteiger partial charge in [-0.1, -0.05) is 48.9 Å². The predicted molar refractivity (Wildman–Crippen MR) is 85.9 cm³/mol. The Balaban J connectivity index is 2.04. The van der Waals surface area contributed by atoms with E-state index in [4.69, 9.17) is 16.3 Å². The van der Waals surface area contributed by atoms with E-state index < -0.39 is 0 Å². The van der Waals surface area contributed by atoms with Gasteiger partial charge >= 0.3 is 0 Å².